The summed E-state index contributed by atoms with van der Waals surface area (Å²) in [6, 6.07) is 12.7. The fourth-order valence-corrected chi connectivity index (χ4v) is 1.98. The molecule has 5 heteroatoms. The third kappa shape index (κ3) is 4.06. The average Bonchev–Trinajstić information content (AvgIpc) is 2.37. The van der Waals surface area contributed by atoms with Crippen molar-refractivity contribution in [2.45, 2.75) is 13.0 Å². The molecule has 0 amide bonds. The summed E-state index contributed by atoms with van der Waals surface area (Å²) in [5.41, 5.74) is 1.61. The van der Waals surface area contributed by atoms with Crippen molar-refractivity contribution in [2.24, 2.45) is 0 Å². The first-order valence-electron chi connectivity index (χ1n) is 5.69. The van der Waals surface area contributed by atoms with E-state index in [1.54, 1.807) is 12.1 Å². The topological polar surface area (TPSA) is 59.4 Å². The Balaban J connectivity index is 2.09. The van der Waals surface area contributed by atoms with E-state index >= 15 is 0 Å². The summed E-state index contributed by atoms with van der Waals surface area (Å²) < 4.78 is 6.26. The summed E-state index contributed by atoms with van der Waals surface area (Å²) in [6.07, 6.45) is -0.00849. The fourth-order valence-electron chi connectivity index (χ4n) is 1.66. The normalized spacial score (nSPS) is 10.2. The number of ether oxygens (including phenoxy) is 1. The Morgan fingerprint density at radius 2 is 1.89 bits per heavy atom. The summed E-state index contributed by atoms with van der Waals surface area (Å²) in [5.74, 6) is -0.354. The second-order valence-corrected chi connectivity index (χ2v) is 4.74. The maximum Gasteiger partial charge on any atom is 0.307 e. The van der Waals surface area contributed by atoms with Crippen LogP contribution >= 0.6 is 15.9 Å². The lowest BCUT2D eigenvalue weighted by molar-refractivity contribution is -0.136. The van der Waals surface area contributed by atoms with Crippen molar-refractivity contribution < 1.29 is 14.6 Å². The molecule has 0 aliphatic rings. The first-order chi connectivity index (χ1) is 9.15. The maximum absolute atomic E-state index is 10.8. The molecule has 0 saturated heterocycles. The molecule has 0 fully saturated rings. The lowest BCUT2D eigenvalue weighted by atomic mass is 10.1. The second-order valence-electron chi connectivity index (χ2n) is 3.93. The van der Waals surface area contributed by atoms with Gasteiger partial charge in [-0.2, -0.15) is 0 Å². The SMILES string of the molecule is O=C(O)Cc1ccccc1COc1cccc(Br)n1. The number of benzene rings is 1. The van der Waals surface area contributed by atoms with Gasteiger partial charge in [-0.05, 0) is 33.1 Å². The van der Waals surface area contributed by atoms with Crippen LogP contribution in [0.5, 0.6) is 5.88 Å². The number of hydrogen-bond donors (Lipinski definition) is 1. The summed E-state index contributed by atoms with van der Waals surface area (Å²) in [5, 5.41) is 8.85. The standard InChI is InChI=1S/C14H12BrNO3/c15-12-6-3-7-13(16-12)19-9-11-5-2-1-4-10(11)8-14(17)18/h1-7H,8-9H2,(H,17,18). The van der Waals surface area contributed by atoms with Crippen LogP contribution in [0.4, 0.5) is 0 Å². The van der Waals surface area contributed by atoms with E-state index in [1.165, 1.54) is 0 Å². The molecule has 1 N–H and O–H groups in total. The van der Waals surface area contributed by atoms with Crippen molar-refractivity contribution >= 4 is 21.9 Å². The van der Waals surface area contributed by atoms with E-state index in [1.807, 2.05) is 30.3 Å². The van der Waals surface area contributed by atoms with Gasteiger partial charge in [0.15, 0.2) is 0 Å². The van der Waals surface area contributed by atoms with E-state index in [0.29, 0.717) is 17.1 Å². The van der Waals surface area contributed by atoms with E-state index in [2.05, 4.69) is 20.9 Å². The van der Waals surface area contributed by atoms with Gasteiger partial charge in [-0.25, -0.2) is 4.98 Å². The molecule has 0 radical (unpaired) electrons. The smallest absolute Gasteiger partial charge is 0.307 e. The summed E-state index contributed by atoms with van der Waals surface area (Å²) >= 11 is 3.27. The van der Waals surface area contributed by atoms with Crippen LogP contribution in [0.3, 0.4) is 0 Å². The monoisotopic (exact) mass is 321 g/mol. The number of halogens is 1. The van der Waals surface area contributed by atoms with Crippen LogP contribution in [-0.4, -0.2) is 16.1 Å². The fraction of sp³-hybridized carbons (Fsp3) is 0.143. The molecule has 1 aromatic carbocycles. The Kier molecular flexibility index (Phi) is 4.52. The van der Waals surface area contributed by atoms with Gasteiger partial charge in [0.2, 0.25) is 5.88 Å². The minimum absolute atomic E-state index is 0.00849. The zero-order valence-electron chi connectivity index (χ0n) is 10.0. The highest BCUT2D eigenvalue weighted by atomic mass is 79.9. The van der Waals surface area contributed by atoms with Gasteiger partial charge >= 0.3 is 5.97 Å². The van der Waals surface area contributed by atoms with Crippen molar-refractivity contribution in [1.82, 2.24) is 4.98 Å². The number of carboxylic acids is 1. The Morgan fingerprint density at radius 3 is 2.58 bits per heavy atom. The highest BCUT2D eigenvalue weighted by Crippen LogP contribution is 2.16. The van der Waals surface area contributed by atoms with Gasteiger partial charge in [0, 0.05) is 6.07 Å². The minimum atomic E-state index is -0.854. The molecule has 0 spiro atoms. The molecule has 0 aliphatic carbocycles. The molecule has 0 bridgehead atoms. The highest BCUT2D eigenvalue weighted by Gasteiger charge is 2.07. The molecule has 0 unspecified atom stereocenters. The molecular formula is C14H12BrNO3. The van der Waals surface area contributed by atoms with Crippen LogP contribution in [0.15, 0.2) is 47.1 Å². The molecule has 0 aliphatic heterocycles. The first kappa shape index (κ1) is 13.5. The molecule has 2 rings (SSSR count). The average molecular weight is 322 g/mol. The van der Waals surface area contributed by atoms with Crippen LogP contribution in [0.2, 0.25) is 0 Å². The van der Waals surface area contributed by atoms with Gasteiger partial charge in [-0.15, -0.1) is 0 Å². The molecule has 0 saturated carbocycles. The van der Waals surface area contributed by atoms with Crippen LogP contribution in [0.1, 0.15) is 11.1 Å². The van der Waals surface area contributed by atoms with Crippen LogP contribution < -0.4 is 4.74 Å². The van der Waals surface area contributed by atoms with E-state index in [4.69, 9.17) is 9.84 Å². The molecule has 4 nitrogen and oxygen atoms in total. The molecular weight excluding hydrogens is 310 g/mol. The van der Waals surface area contributed by atoms with Gasteiger partial charge < -0.3 is 9.84 Å². The zero-order chi connectivity index (χ0) is 13.7. The lowest BCUT2D eigenvalue weighted by Gasteiger charge is -2.09. The number of hydrogen-bond acceptors (Lipinski definition) is 3. The quantitative estimate of drug-likeness (QED) is 0.860. The first-order valence-corrected chi connectivity index (χ1v) is 6.48. The van der Waals surface area contributed by atoms with Crippen molar-refractivity contribution in [1.29, 1.82) is 0 Å². The largest absolute Gasteiger partial charge is 0.481 e. The van der Waals surface area contributed by atoms with Crippen LogP contribution in [0.25, 0.3) is 0 Å². The number of carboxylic acid groups (broad SMARTS) is 1. The van der Waals surface area contributed by atoms with Gasteiger partial charge in [-0.3, -0.25) is 4.79 Å². The third-order valence-corrected chi connectivity index (χ3v) is 2.97. The highest BCUT2D eigenvalue weighted by molar-refractivity contribution is 9.10. The van der Waals surface area contributed by atoms with Crippen LogP contribution in [0, 0.1) is 0 Å². The Hall–Kier alpha value is -1.88. The summed E-state index contributed by atoms with van der Waals surface area (Å²) in [7, 11) is 0. The van der Waals surface area contributed by atoms with Crippen molar-refractivity contribution in [3.8, 4) is 5.88 Å². The van der Waals surface area contributed by atoms with Crippen molar-refractivity contribution in [2.75, 3.05) is 0 Å². The maximum atomic E-state index is 10.8. The second kappa shape index (κ2) is 6.33. The molecule has 0 atom stereocenters. The Morgan fingerprint density at radius 1 is 1.16 bits per heavy atom. The van der Waals surface area contributed by atoms with E-state index in [9.17, 15) is 4.79 Å². The van der Waals surface area contributed by atoms with E-state index in [-0.39, 0.29) is 6.42 Å². The number of nitrogens with zero attached hydrogens (tertiary/aromatic N) is 1. The number of aliphatic carboxylic acids is 1. The number of pyridine rings is 1. The number of rotatable bonds is 5. The number of aromatic nitrogens is 1. The predicted octanol–water partition coefficient (Wildman–Crippen LogP) is 3.05. The summed E-state index contributed by atoms with van der Waals surface area (Å²) in [6.45, 7) is 0.299. The minimum Gasteiger partial charge on any atom is -0.481 e. The number of carbonyl (C=O) groups is 1. The summed E-state index contributed by atoms with van der Waals surface area (Å²) in [4.78, 5) is 14.9. The lowest BCUT2D eigenvalue weighted by Crippen LogP contribution is -2.06. The zero-order valence-corrected chi connectivity index (χ0v) is 11.6. The van der Waals surface area contributed by atoms with Gasteiger partial charge in [0.1, 0.15) is 11.2 Å². The Bertz CT molecular complexity index is 586. The van der Waals surface area contributed by atoms with Crippen molar-refractivity contribution in [3.05, 3.63) is 58.2 Å². The van der Waals surface area contributed by atoms with E-state index in [0.717, 1.165) is 11.1 Å². The van der Waals surface area contributed by atoms with E-state index < -0.39 is 5.97 Å². The van der Waals surface area contributed by atoms with Gasteiger partial charge in [0.25, 0.3) is 0 Å². The van der Waals surface area contributed by atoms with Gasteiger partial charge in [-0.1, -0.05) is 30.3 Å². The molecule has 1 aromatic heterocycles. The molecule has 19 heavy (non-hydrogen) atoms. The molecule has 2 aromatic rings. The predicted molar refractivity (Wildman–Crippen MR) is 74.1 cm³/mol. The van der Waals surface area contributed by atoms with Crippen molar-refractivity contribution in [3.63, 3.8) is 0 Å². The van der Waals surface area contributed by atoms with Crippen LogP contribution in [-0.2, 0) is 17.8 Å². The molecule has 1 heterocycles. The molecule has 98 valence electrons. The third-order valence-electron chi connectivity index (χ3n) is 2.53. The van der Waals surface area contributed by atoms with Gasteiger partial charge in [0.05, 0.1) is 6.42 Å². The Labute approximate surface area is 119 Å².